The Balaban J connectivity index is 2.08. The van der Waals surface area contributed by atoms with Gasteiger partial charge in [-0.15, -0.1) is 0 Å². The Morgan fingerprint density at radius 2 is 2.20 bits per heavy atom. The maximum atomic E-state index is 6.31. The summed E-state index contributed by atoms with van der Waals surface area (Å²) in [5.74, 6) is 1.72. The fourth-order valence-electron chi connectivity index (χ4n) is 2.59. The number of rotatable bonds is 3. The summed E-state index contributed by atoms with van der Waals surface area (Å²) in [7, 11) is 0. The summed E-state index contributed by atoms with van der Waals surface area (Å²) in [5.41, 5.74) is 6.31. The van der Waals surface area contributed by atoms with Crippen molar-refractivity contribution in [3.8, 4) is 0 Å². The average Bonchev–Trinajstić information content (AvgIpc) is 2.77. The van der Waals surface area contributed by atoms with Crippen molar-refractivity contribution in [2.75, 3.05) is 0 Å². The summed E-state index contributed by atoms with van der Waals surface area (Å²) >= 11 is 0. The highest BCUT2D eigenvalue weighted by Gasteiger charge is 2.24. The molecule has 15 heavy (non-hydrogen) atoms. The maximum absolute atomic E-state index is 6.31. The number of hydrogen-bond donors (Lipinski definition) is 1. The lowest BCUT2D eigenvalue weighted by Crippen LogP contribution is -2.26. The third-order valence-electron chi connectivity index (χ3n) is 3.54. The van der Waals surface area contributed by atoms with Gasteiger partial charge in [-0.1, -0.05) is 19.3 Å². The lowest BCUT2D eigenvalue weighted by Gasteiger charge is -2.27. The van der Waals surface area contributed by atoms with Gasteiger partial charge in [-0.3, -0.25) is 0 Å². The van der Waals surface area contributed by atoms with Gasteiger partial charge in [0.1, 0.15) is 5.82 Å². The van der Waals surface area contributed by atoms with Gasteiger partial charge in [0.15, 0.2) is 0 Å². The van der Waals surface area contributed by atoms with E-state index in [1.807, 2.05) is 12.4 Å². The predicted molar refractivity (Wildman–Crippen MR) is 61.4 cm³/mol. The van der Waals surface area contributed by atoms with Gasteiger partial charge >= 0.3 is 0 Å². The van der Waals surface area contributed by atoms with Crippen LogP contribution in [0, 0.1) is 5.92 Å². The molecule has 1 saturated carbocycles. The Bertz CT molecular complexity index is 300. The number of nitrogens with two attached hydrogens (primary N) is 1. The highest BCUT2D eigenvalue weighted by molar-refractivity contribution is 5.01. The summed E-state index contributed by atoms with van der Waals surface area (Å²) in [6, 6.07) is 0.139. The zero-order chi connectivity index (χ0) is 10.7. The highest BCUT2D eigenvalue weighted by atomic mass is 15.1. The van der Waals surface area contributed by atoms with Gasteiger partial charge in [-0.2, -0.15) is 0 Å². The van der Waals surface area contributed by atoms with Crippen LogP contribution in [0.3, 0.4) is 0 Å². The van der Waals surface area contributed by atoms with Crippen molar-refractivity contribution in [2.24, 2.45) is 11.7 Å². The van der Waals surface area contributed by atoms with E-state index in [0.717, 1.165) is 12.4 Å². The van der Waals surface area contributed by atoms with Gasteiger partial charge in [-0.25, -0.2) is 4.98 Å². The van der Waals surface area contributed by atoms with Crippen molar-refractivity contribution in [3.63, 3.8) is 0 Å². The third kappa shape index (κ3) is 2.23. The molecular formula is C12H21N3. The summed E-state index contributed by atoms with van der Waals surface area (Å²) in [6.07, 6.45) is 10.5. The van der Waals surface area contributed by atoms with Crippen LogP contribution in [-0.2, 0) is 6.54 Å². The first-order chi connectivity index (χ1) is 7.33. The zero-order valence-electron chi connectivity index (χ0n) is 9.52. The summed E-state index contributed by atoms with van der Waals surface area (Å²) in [4.78, 5) is 4.40. The fourth-order valence-corrected chi connectivity index (χ4v) is 2.59. The molecule has 1 atom stereocenters. The minimum atomic E-state index is 0.139. The lowest BCUT2D eigenvalue weighted by atomic mass is 9.84. The van der Waals surface area contributed by atoms with Gasteiger partial charge in [0.25, 0.3) is 0 Å². The first kappa shape index (κ1) is 10.7. The van der Waals surface area contributed by atoms with Crippen molar-refractivity contribution in [1.82, 2.24) is 9.55 Å². The van der Waals surface area contributed by atoms with E-state index in [1.165, 1.54) is 32.1 Å². The second-order valence-corrected chi connectivity index (χ2v) is 4.50. The van der Waals surface area contributed by atoms with Crippen LogP contribution in [0.1, 0.15) is 50.9 Å². The smallest absolute Gasteiger partial charge is 0.125 e. The van der Waals surface area contributed by atoms with E-state index >= 15 is 0 Å². The van der Waals surface area contributed by atoms with Crippen LogP contribution in [0.15, 0.2) is 12.4 Å². The topological polar surface area (TPSA) is 43.8 Å². The molecule has 0 aromatic carbocycles. The van der Waals surface area contributed by atoms with Crippen LogP contribution in [-0.4, -0.2) is 9.55 Å². The molecule has 3 nitrogen and oxygen atoms in total. The van der Waals surface area contributed by atoms with Crippen molar-refractivity contribution in [3.05, 3.63) is 18.2 Å². The minimum Gasteiger partial charge on any atom is -0.334 e. The molecule has 1 aromatic rings. The van der Waals surface area contributed by atoms with Crippen LogP contribution in [0.25, 0.3) is 0 Å². The third-order valence-corrected chi connectivity index (χ3v) is 3.54. The molecule has 1 aliphatic rings. The Morgan fingerprint density at radius 1 is 1.47 bits per heavy atom. The molecule has 3 heteroatoms. The SMILES string of the molecule is CCn1ccnc1C(N)C1CCCCC1. The summed E-state index contributed by atoms with van der Waals surface area (Å²) in [5, 5.41) is 0. The second kappa shape index (κ2) is 4.79. The first-order valence-electron chi connectivity index (χ1n) is 6.09. The average molecular weight is 207 g/mol. The molecule has 1 unspecified atom stereocenters. The van der Waals surface area contributed by atoms with Gasteiger partial charge < -0.3 is 10.3 Å². The van der Waals surface area contributed by atoms with E-state index < -0.39 is 0 Å². The molecule has 1 heterocycles. The van der Waals surface area contributed by atoms with Crippen molar-refractivity contribution >= 4 is 0 Å². The zero-order valence-corrected chi connectivity index (χ0v) is 9.52. The van der Waals surface area contributed by atoms with E-state index in [1.54, 1.807) is 0 Å². The van der Waals surface area contributed by atoms with E-state index in [0.29, 0.717) is 5.92 Å². The summed E-state index contributed by atoms with van der Waals surface area (Å²) < 4.78 is 2.17. The van der Waals surface area contributed by atoms with Crippen molar-refractivity contribution in [2.45, 2.75) is 51.6 Å². The van der Waals surface area contributed by atoms with Crippen molar-refractivity contribution < 1.29 is 0 Å². The molecule has 1 fully saturated rings. The molecule has 0 saturated heterocycles. The molecule has 2 rings (SSSR count). The molecule has 0 spiro atoms. The van der Waals surface area contributed by atoms with Crippen LogP contribution in [0.4, 0.5) is 0 Å². The highest BCUT2D eigenvalue weighted by Crippen LogP contribution is 2.32. The molecule has 0 bridgehead atoms. The fraction of sp³-hybridized carbons (Fsp3) is 0.750. The molecule has 1 aromatic heterocycles. The molecule has 0 aliphatic heterocycles. The lowest BCUT2D eigenvalue weighted by molar-refractivity contribution is 0.296. The van der Waals surface area contributed by atoms with E-state index in [9.17, 15) is 0 Å². The second-order valence-electron chi connectivity index (χ2n) is 4.50. The number of nitrogens with zero attached hydrogens (tertiary/aromatic N) is 2. The number of aryl methyl sites for hydroxylation is 1. The predicted octanol–water partition coefficient (Wildman–Crippen LogP) is 2.48. The molecule has 0 amide bonds. The number of hydrogen-bond acceptors (Lipinski definition) is 2. The largest absolute Gasteiger partial charge is 0.334 e. The number of aromatic nitrogens is 2. The minimum absolute atomic E-state index is 0.139. The van der Waals surface area contributed by atoms with Crippen LogP contribution < -0.4 is 5.73 Å². The normalized spacial score (nSPS) is 20.4. The van der Waals surface area contributed by atoms with Crippen LogP contribution in [0.2, 0.25) is 0 Å². The van der Waals surface area contributed by atoms with E-state index in [-0.39, 0.29) is 6.04 Å². The molecular weight excluding hydrogens is 186 g/mol. The van der Waals surface area contributed by atoms with Gasteiger partial charge in [-0.05, 0) is 25.7 Å². The Hall–Kier alpha value is -0.830. The van der Waals surface area contributed by atoms with Gasteiger partial charge in [0.2, 0.25) is 0 Å². The Labute approximate surface area is 91.7 Å². The molecule has 0 radical (unpaired) electrons. The first-order valence-corrected chi connectivity index (χ1v) is 6.09. The summed E-state index contributed by atoms with van der Waals surface area (Å²) in [6.45, 7) is 3.11. The van der Waals surface area contributed by atoms with Crippen LogP contribution >= 0.6 is 0 Å². The van der Waals surface area contributed by atoms with Gasteiger partial charge in [0, 0.05) is 18.9 Å². The number of imidazole rings is 1. The molecule has 84 valence electrons. The molecule has 2 N–H and O–H groups in total. The Morgan fingerprint density at radius 3 is 2.87 bits per heavy atom. The van der Waals surface area contributed by atoms with E-state index in [2.05, 4.69) is 16.5 Å². The van der Waals surface area contributed by atoms with E-state index in [4.69, 9.17) is 5.73 Å². The standard InChI is InChI=1S/C12H21N3/c1-2-15-9-8-14-12(15)11(13)10-6-4-3-5-7-10/h8-11H,2-7,13H2,1H3. The van der Waals surface area contributed by atoms with Crippen LogP contribution in [0.5, 0.6) is 0 Å². The van der Waals surface area contributed by atoms with Crippen molar-refractivity contribution in [1.29, 1.82) is 0 Å². The maximum Gasteiger partial charge on any atom is 0.125 e. The Kier molecular flexibility index (Phi) is 3.41. The van der Waals surface area contributed by atoms with Gasteiger partial charge in [0.05, 0.1) is 6.04 Å². The molecule has 1 aliphatic carbocycles. The quantitative estimate of drug-likeness (QED) is 0.827. The monoisotopic (exact) mass is 207 g/mol.